The summed E-state index contributed by atoms with van der Waals surface area (Å²) < 4.78 is 0. The Kier molecular flexibility index (Phi) is 2.68. The lowest BCUT2D eigenvalue weighted by Gasteiger charge is -2.41. The van der Waals surface area contributed by atoms with Gasteiger partial charge in [0.15, 0.2) is 0 Å². The molecule has 0 atom stereocenters. The summed E-state index contributed by atoms with van der Waals surface area (Å²) in [7, 11) is 0. The van der Waals surface area contributed by atoms with E-state index in [9.17, 15) is 0 Å². The third-order valence-corrected chi connectivity index (χ3v) is 3.20. The van der Waals surface area contributed by atoms with Crippen molar-refractivity contribution in [2.45, 2.75) is 19.3 Å². The molecule has 14 heavy (non-hydrogen) atoms. The Balaban J connectivity index is 1.88. The van der Waals surface area contributed by atoms with E-state index >= 15 is 0 Å². The van der Waals surface area contributed by atoms with Gasteiger partial charge < -0.3 is 11.1 Å². The smallest absolute Gasteiger partial charge is 0.0371 e. The van der Waals surface area contributed by atoms with Crippen molar-refractivity contribution < 1.29 is 0 Å². The molecule has 0 aliphatic heterocycles. The maximum atomic E-state index is 5.78. The standard InChI is InChI=1S/C11H17N3/c12-8-11(4-1-5-11)9-14-10-2-6-13-7-3-10/h2-3,6-7H,1,4-5,8-9,12H2,(H,13,14). The van der Waals surface area contributed by atoms with Crippen molar-refractivity contribution >= 4 is 5.69 Å². The van der Waals surface area contributed by atoms with Crippen LogP contribution < -0.4 is 11.1 Å². The molecule has 1 aliphatic rings. The fourth-order valence-electron chi connectivity index (χ4n) is 1.89. The topological polar surface area (TPSA) is 50.9 Å². The van der Waals surface area contributed by atoms with Gasteiger partial charge in [0.2, 0.25) is 0 Å². The third kappa shape index (κ3) is 1.87. The molecule has 3 nitrogen and oxygen atoms in total. The highest BCUT2D eigenvalue weighted by molar-refractivity contribution is 5.41. The summed E-state index contributed by atoms with van der Waals surface area (Å²) in [5.74, 6) is 0. The molecule has 1 aliphatic carbocycles. The van der Waals surface area contributed by atoms with Gasteiger partial charge in [-0.25, -0.2) is 0 Å². The lowest BCUT2D eigenvalue weighted by molar-refractivity contribution is 0.163. The Morgan fingerprint density at radius 2 is 2.07 bits per heavy atom. The van der Waals surface area contributed by atoms with E-state index in [0.717, 1.165) is 18.8 Å². The van der Waals surface area contributed by atoms with Crippen LogP contribution in [-0.2, 0) is 0 Å². The van der Waals surface area contributed by atoms with Gasteiger partial charge in [-0.1, -0.05) is 6.42 Å². The zero-order valence-electron chi connectivity index (χ0n) is 8.37. The first-order valence-corrected chi connectivity index (χ1v) is 5.19. The highest BCUT2D eigenvalue weighted by Gasteiger charge is 2.35. The molecule has 2 rings (SSSR count). The number of hydrogen-bond acceptors (Lipinski definition) is 3. The molecule has 1 aromatic rings. The first kappa shape index (κ1) is 9.46. The van der Waals surface area contributed by atoms with Crippen LogP contribution >= 0.6 is 0 Å². The largest absolute Gasteiger partial charge is 0.384 e. The average Bonchev–Trinajstić information content (AvgIpc) is 2.19. The van der Waals surface area contributed by atoms with Gasteiger partial charge in [0.25, 0.3) is 0 Å². The lowest BCUT2D eigenvalue weighted by atomic mass is 9.69. The van der Waals surface area contributed by atoms with Gasteiger partial charge in [-0.3, -0.25) is 4.98 Å². The quantitative estimate of drug-likeness (QED) is 0.760. The number of hydrogen-bond donors (Lipinski definition) is 2. The molecule has 3 heteroatoms. The van der Waals surface area contributed by atoms with Gasteiger partial charge in [-0.15, -0.1) is 0 Å². The molecule has 76 valence electrons. The van der Waals surface area contributed by atoms with Crippen molar-refractivity contribution in [2.24, 2.45) is 11.1 Å². The third-order valence-electron chi connectivity index (χ3n) is 3.20. The van der Waals surface area contributed by atoms with Crippen LogP contribution in [0.15, 0.2) is 24.5 Å². The van der Waals surface area contributed by atoms with E-state index in [1.54, 1.807) is 12.4 Å². The van der Waals surface area contributed by atoms with Crippen molar-refractivity contribution in [2.75, 3.05) is 18.4 Å². The number of pyridine rings is 1. The predicted octanol–water partition coefficient (Wildman–Crippen LogP) is 1.62. The summed E-state index contributed by atoms with van der Waals surface area (Å²) in [5.41, 5.74) is 7.28. The SMILES string of the molecule is NCC1(CNc2ccncc2)CCC1. The number of nitrogens with zero attached hydrogens (tertiary/aromatic N) is 1. The van der Waals surface area contributed by atoms with Crippen molar-refractivity contribution in [3.05, 3.63) is 24.5 Å². The molecule has 0 radical (unpaired) electrons. The zero-order valence-corrected chi connectivity index (χ0v) is 8.37. The van der Waals surface area contributed by atoms with Crippen molar-refractivity contribution in [3.63, 3.8) is 0 Å². The van der Waals surface area contributed by atoms with E-state index in [0.29, 0.717) is 5.41 Å². The monoisotopic (exact) mass is 191 g/mol. The van der Waals surface area contributed by atoms with Crippen LogP contribution in [0.2, 0.25) is 0 Å². The highest BCUT2D eigenvalue weighted by atomic mass is 14.9. The number of nitrogens with two attached hydrogens (primary N) is 1. The van der Waals surface area contributed by atoms with Crippen LogP contribution in [0.25, 0.3) is 0 Å². The van der Waals surface area contributed by atoms with Crippen molar-refractivity contribution in [1.29, 1.82) is 0 Å². The minimum Gasteiger partial charge on any atom is -0.384 e. The van der Waals surface area contributed by atoms with E-state index < -0.39 is 0 Å². The van der Waals surface area contributed by atoms with Gasteiger partial charge in [0.05, 0.1) is 0 Å². The van der Waals surface area contributed by atoms with Crippen LogP contribution in [0.1, 0.15) is 19.3 Å². The molecule has 0 unspecified atom stereocenters. The Morgan fingerprint density at radius 3 is 2.57 bits per heavy atom. The van der Waals surface area contributed by atoms with Gasteiger partial charge in [-0.2, -0.15) is 0 Å². The molecule has 0 amide bonds. The predicted molar refractivity (Wildman–Crippen MR) is 58.1 cm³/mol. The fourth-order valence-corrected chi connectivity index (χ4v) is 1.89. The Labute approximate surface area is 84.7 Å². The molecule has 1 fully saturated rings. The molecular weight excluding hydrogens is 174 g/mol. The molecule has 0 bridgehead atoms. The van der Waals surface area contributed by atoms with Crippen LogP contribution in [0.4, 0.5) is 5.69 Å². The highest BCUT2D eigenvalue weighted by Crippen LogP contribution is 2.39. The minimum absolute atomic E-state index is 0.364. The fraction of sp³-hybridized carbons (Fsp3) is 0.545. The van der Waals surface area contributed by atoms with Crippen LogP contribution in [-0.4, -0.2) is 18.1 Å². The van der Waals surface area contributed by atoms with Crippen LogP contribution in [0.3, 0.4) is 0 Å². The number of anilines is 1. The van der Waals surface area contributed by atoms with E-state index in [1.165, 1.54) is 19.3 Å². The Morgan fingerprint density at radius 1 is 1.36 bits per heavy atom. The molecule has 0 saturated heterocycles. The number of aromatic nitrogens is 1. The molecule has 0 spiro atoms. The second-order valence-corrected chi connectivity index (χ2v) is 4.15. The Hall–Kier alpha value is -1.09. The second-order valence-electron chi connectivity index (χ2n) is 4.15. The molecule has 3 N–H and O–H groups in total. The zero-order chi connectivity index (χ0) is 9.86. The summed E-state index contributed by atoms with van der Waals surface area (Å²) in [6, 6.07) is 3.98. The van der Waals surface area contributed by atoms with E-state index in [-0.39, 0.29) is 0 Å². The average molecular weight is 191 g/mol. The second kappa shape index (κ2) is 3.96. The molecule has 1 saturated carbocycles. The summed E-state index contributed by atoms with van der Waals surface area (Å²) in [6.07, 6.45) is 7.47. The van der Waals surface area contributed by atoms with Crippen LogP contribution in [0.5, 0.6) is 0 Å². The maximum absolute atomic E-state index is 5.78. The van der Waals surface area contributed by atoms with Gasteiger partial charge in [-0.05, 0) is 36.9 Å². The summed E-state index contributed by atoms with van der Waals surface area (Å²) in [4.78, 5) is 3.98. The normalized spacial score (nSPS) is 18.6. The molecule has 1 heterocycles. The first-order valence-electron chi connectivity index (χ1n) is 5.19. The molecule has 1 aromatic heterocycles. The number of nitrogens with one attached hydrogen (secondary N) is 1. The first-order chi connectivity index (χ1) is 6.85. The van der Waals surface area contributed by atoms with Gasteiger partial charge in [0, 0.05) is 24.6 Å². The maximum Gasteiger partial charge on any atom is 0.0371 e. The van der Waals surface area contributed by atoms with Crippen molar-refractivity contribution in [3.8, 4) is 0 Å². The van der Waals surface area contributed by atoms with E-state index in [1.807, 2.05) is 12.1 Å². The van der Waals surface area contributed by atoms with Crippen molar-refractivity contribution in [1.82, 2.24) is 4.98 Å². The summed E-state index contributed by atoms with van der Waals surface area (Å²) in [6.45, 7) is 1.79. The van der Waals surface area contributed by atoms with Gasteiger partial charge in [0.1, 0.15) is 0 Å². The number of rotatable bonds is 4. The van der Waals surface area contributed by atoms with E-state index in [2.05, 4.69) is 10.3 Å². The molecular formula is C11H17N3. The van der Waals surface area contributed by atoms with Gasteiger partial charge >= 0.3 is 0 Å². The summed E-state index contributed by atoms with van der Waals surface area (Å²) >= 11 is 0. The van der Waals surface area contributed by atoms with Crippen LogP contribution in [0, 0.1) is 5.41 Å². The minimum atomic E-state index is 0.364. The summed E-state index contributed by atoms with van der Waals surface area (Å²) in [5, 5.41) is 3.42. The lowest BCUT2D eigenvalue weighted by Crippen LogP contribution is -2.42. The Bertz CT molecular complexity index is 274. The molecule has 0 aromatic carbocycles. The van der Waals surface area contributed by atoms with E-state index in [4.69, 9.17) is 5.73 Å².